The number of fused-ring (bicyclic) bond motifs is 1. The summed E-state index contributed by atoms with van der Waals surface area (Å²) in [5.41, 5.74) is 1.43. The van der Waals surface area contributed by atoms with Crippen LogP contribution < -0.4 is 0 Å². The summed E-state index contributed by atoms with van der Waals surface area (Å²) in [4.78, 5) is 5.66. The number of aryl methyl sites for hydroxylation is 1. The Balaban J connectivity index is 2.12. The number of nitrogens with zero attached hydrogens (tertiary/aromatic N) is 2. The average molecular weight is 408 g/mol. The van der Waals surface area contributed by atoms with E-state index in [9.17, 15) is 4.39 Å². The van der Waals surface area contributed by atoms with Crippen molar-refractivity contribution >= 4 is 61.5 Å². The fourth-order valence-electron chi connectivity index (χ4n) is 2.21. The monoisotopic (exact) mass is 406 g/mol. The summed E-state index contributed by atoms with van der Waals surface area (Å²) in [6.45, 7) is 0.668. The predicted molar refractivity (Wildman–Crippen MR) is 90.2 cm³/mol. The summed E-state index contributed by atoms with van der Waals surface area (Å²) < 4.78 is 16.7. The Morgan fingerprint density at radius 1 is 1.33 bits per heavy atom. The molecule has 0 fully saturated rings. The van der Waals surface area contributed by atoms with Crippen LogP contribution in [0.1, 0.15) is 10.7 Å². The van der Waals surface area contributed by atoms with Gasteiger partial charge >= 0.3 is 0 Å². The van der Waals surface area contributed by atoms with E-state index in [0.717, 1.165) is 15.8 Å². The number of alkyl halides is 1. The topological polar surface area (TPSA) is 17.8 Å². The number of aromatic nitrogens is 2. The van der Waals surface area contributed by atoms with Crippen LogP contribution >= 0.6 is 50.5 Å². The van der Waals surface area contributed by atoms with E-state index >= 15 is 0 Å². The van der Waals surface area contributed by atoms with Gasteiger partial charge in [0.1, 0.15) is 11.6 Å². The van der Waals surface area contributed by atoms with Crippen molar-refractivity contribution in [3.8, 4) is 0 Å². The van der Waals surface area contributed by atoms with E-state index in [-0.39, 0.29) is 5.02 Å². The van der Waals surface area contributed by atoms with Gasteiger partial charge in [0.25, 0.3) is 0 Å². The van der Waals surface area contributed by atoms with Crippen molar-refractivity contribution in [2.75, 3.05) is 5.88 Å². The fraction of sp³-hybridized carbons (Fsp3) is 0.214. The van der Waals surface area contributed by atoms with Crippen LogP contribution in [-0.4, -0.2) is 15.4 Å². The zero-order valence-electron chi connectivity index (χ0n) is 10.7. The van der Waals surface area contributed by atoms with Gasteiger partial charge in [-0.25, -0.2) is 9.37 Å². The Hall–Kier alpha value is -0.620. The van der Waals surface area contributed by atoms with Gasteiger partial charge in [-0.2, -0.15) is 0 Å². The molecule has 0 atom stereocenters. The molecule has 3 rings (SSSR count). The molecule has 0 saturated heterocycles. The van der Waals surface area contributed by atoms with Crippen LogP contribution in [0.4, 0.5) is 4.39 Å². The second-order valence-electron chi connectivity index (χ2n) is 4.54. The van der Waals surface area contributed by atoms with Crippen molar-refractivity contribution in [2.45, 2.75) is 13.0 Å². The summed E-state index contributed by atoms with van der Waals surface area (Å²) in [6.07, 6.45) is 0.627. The van der Waals surface area contributed by atoms with E-state index in [1.807, 2.05) is 9.95 Å². The van der Waals surface area contributed by atoms with Gasteiger partial charge in [0.2, 0.25) is 0 Å². The molecule has 0 aliphatic heterocycles. The van der Waals surface area contributed by atoms with Gasteiger partial charge in [-0.3, -0.25) is 0 Å². The smallest absolute Gasteiger partial charge is 0.144 e. The molecule has 0 saturated carbocycles. The minimum absolute atomic E-state index is 0.105. The van der Waals surface area contributed by atoms with Crippen molar-refractivity contribution in [1.29, 1.82) is 0 Å². The van der Waals surface area contributed by atoms with Crippen LogP contribution in [-0.2, 0) is 13.0 Å². The van der Waals surface area contributed by atoms with Crippen LogP contribution in [0.3, 0.4) is 0 Å². The molecule has 0 radical (unpaired) electrons. The molecular formula is C14H10BrCl2FN2S. The molecular weight excluding hydrogens is 398 g/mol. The van der Waals surface area contributed by atoms with Crippen molar-refractivity contribution in [3.63, 3.8) is 0 Å². The first-order chi connectivity index (χ1) is 10.1. The molecule has 3 aromatic rings. The molecule has 2 heterocycles. The van der Waals surface area contributed by atoms with E-state index in [4.69, 9.17) is 23.2 Å². The average Bonchev–Trinajstić information content (AvgIpc) is 2.97. The lowest BCUT2D eigenvalue weighted by Gasteiger charge is -2.07. The summed E-state index contributed by atoms with van der Waals surface area (Å²) in [6, 6.07) is 5.06. The van der Waals surface area contributed by atoms with Crippen LogP contribution in [0, 0.1) is 5.82 Å². The maximum Gasteiger partial charge on any atom is 0.144 e. The quantitative estimate of drug-likeness (QED) is 0.523. The lowest BCUT2D eigenvalue weighted by molar-refractivity contribution is 0.629. The minimum atomic E-state index is -0.454. The van der Waals surface area contributed by atoms with E-state index in [1.165, 1.54) is 10.9 Å². The maximum absolute atomic E-state index is 13.6. The summed E-state index contributed by atoms with van der Waals surface area (Å²) in [5, 5.41) is 2.14. The van der Waals surface area contributed by atoms with Crippen molar-refractivity contribution in [2.24, 2.45) is 0 Å². The second kappa shape index (κ2) is 6.24. The molecule has 2 nitrogen and oxygen atoms in total. The molecule has 7 heteroatoms. The van der Waals surface area contributed by atoms with Crippen molar-refractivity contribution < 1.29 is 4.39 Å². The maximum atomic E-state index is 13.6. The molecule has 0 N–H and O–H groups in total. The number of hydrogen-bond acceptors (Lipinski definition) is 2. The zero-order chi connectivity index (χ0) is 15.0. The first kappa shape index (κ1) is 15.3. The third-order valence-corrected chi connectivity index (χ3v) is 5.28. The van der Waals surface area contributed by atoms with Crippen LogP contribution in [0.2, 0.25) is 5.02 Å². The van der Waals surface area contributed by atoms with E-state index in [1.54, 1.807) is 17.4 Å². The summed E-state index contributed by atoms with van der Waals surface area (Å²) >= 11 is 16.9. The lowest BCUT2D eigenvalue weighted by Crippen LogP contribution is -2.05. The van der Waals surface area contributed by atoms with E-state index in [2.05, 4.69) is 27.0 Å². The number of benzene rings is 1. The van der Waals surface area contributed by atoms with Gasteiger partial charge in [-0.05, 0) is 28.1 Å². The molecule has 0 unspecified atom stereocenters. The number of rotatable bonds is 4. The normalized spacial score (nSPS) is 11.4. The number of hydrogen-bond donors (Lipinski definition) is 0. The van der Waals surface area contributed by atoms with Gasteiger partial charge in [0.15, 0.2) is 0 Å². The molecule has 0 spiro atoms. The second-order valence-corrected chi connectivity index (χ2v) is 7.24. The van der Waals surface area contributed by atoms with Crippen molar-refractivity contribution in [3.05, 3.63) is 49.6 Å². The highest BCUT2D eigenvalue weighted by molar-refractivity contribution is 9.10. The molecule has 2 aromatic heterocycles. The standard InChI is InChI=1S/C14H10BrCl2FN2S/c15-8-3-9(21-7-8)6-20-13-4-10(17)11(18)5-12(13)19-14(20)1-2-16/h3-5,7H,1-2,6H2. The Labute approximate surface area is 143 Å². The Morgan fingerprint density at radius 2 is 2.14 bits per heavy atom. The van der Waals surface area contributed by atoms with Gasteiger partial charge in [-0.1, -0.05) is 11.6 Å². The number of imidazole rings is 1. The van der Waals surface area contributed by atoms with Gasteiger partial charge < -0.3 is 4.57 Å². The third-order valence-electron chi connectivity index (χ3n) is 3.12. The van der Waals surface area contributed by atoms with Crippen molar-refractivity contribution in [1.82, 2.24) is 9.55 Å². The number of halogens is 4. The SMILES string of the molecule is Fc1cc2nc(CCCl)n(Cc3cc(Br)cs3)c2cc1Cl. The van der Waals surface area contributed by atoms with Gasteiger partial charge in [-0.15, -0.1) is 22.9 Å². The highest BCUT2D eigenvalue weighted by Gasteiger charge is 2.14. The molecule has 0 aliphatic carbocycles. The van der Waals surface area contributed by atoms with Crippen LogP contribution in [0.25, 0.3) is 11.0 Å². The Morgan fingerprint density at radius 3 is 2.81 bits per heavy atom. The molecule has 0 bridgehead atoms. The molecule has 0 amide bonds. The highest BCUT2D eigenvalue weighted by atomic mass is 79.9. The fourth-order valence-corrected chi connectivity index (χ4v) is 3.98. The molecule has 110 valence electrons. The first-order valence-corrected chi connectivity index (χ1v) is 8.80. The molecule has 21 heavy (non-hydrogen) atoms. The lowest BCUT2D eigenvalue weighted by atomic mass is 10.3. The largest absolute Gasteiger partial charge is 0.323 e. The highest BCUT2D eigenvalue weighted by Crippen LogP contribution is 2.27. The Bertz CT molecular complexity index is 800. The van der Waals surface area contributed by atoms with Gasteiger partial charge in [0.05, 0.1) is 22.6 Å². The first-order valence-electron chi connectivity index (χ1n) is 6.21. The van der Waals surface area contributed by atoms with Crippen LogP contribution in [0.5, 0.6) is 0 Å². The molecule has 1 aromatic carbocycles. The number of thiophene rings is 1. The summed E-state index contributed by atoms with van der Waals surface area (Å²) in [7, 11) is 0. The predicted octanol–water partition coefficient (Wildman–Crippen LogP) is 5.48. The molecule has 0 aliphatic rings. The zero-order valence-corrected chi connectivity index (χ0v) is 14.7. The summed E-state index contributed by atoms with van der Waals surface area (Å²) in [5.74, 6) is 0.851. The van der Waals surface area contributed by atoms with Crippen LogP contribution in [0.15, 0.2) is 28.1 Å². The third kappa shape index (κ3) is 3.11. The Kier molecular flexibility index (Phi) is 4.54. The van der Waals surface area contributed by atoms with Gasteiger partial charge in [0, 0.05) is 33.1 Å². The van der Waals surface area contributed by atoms with E-state index < -0.39 is 5.82 Å². The van der Waals surface area contributed by atoms with E-state index in [0.29, 0.717) is 24.4 Å². The minimum Gasteiger partial charge on any atom is -0.323 e.